The Labute approximate surface area is 121 Å². The van der Waals surface area contributed by atoms with E-state index in [2.05, 4.69) is 4.72 Å². The number of aliphatic hydroxyl groups is 1. The van der Waals surface area contributed by atoms with Gasteiger partial charge in [0.1, 0.15) is 4.90 Å². The van der Waals surface area contributed by atoms with Crippen LogP contribution in [0.1, 0.15) is 26.2 Å². The topological polar surface area (TPSA) is 66.4 Å². The SMILES string of the molecule is CC[C@H](NS(=O)(=O)c1ccc(F)c(F)c1F)C1CC(O)C1. The smallest absolute Gasteiger partial charge is 0.243 e. The Morgan fingerprint density at radius 3 is 2.43 bits per heavy atom. The lowest BCUT2D eigenvalue weighted by atomic mass is 9.77. The molecule has 0 saturated heterocycles. The van der Waals surface area contributed by atoms with Crippen LogP contribution in [0, 0.1) is 23.4 Å². The third-order valence-corrected chi connectivity index (χ3v) is 5.26. The highest BCUT2D eigenvalue weighted by Gasteiger charge is 2.36. The summed E-state index contributed by atoms with van der Waals surface area (Å²) in [6, 6.07) is 0.783. The molecule has 0 spiro atoms. The van der Waals surface area contributed by atoms with Crippen LogP contribution < -0.4 is 4.72 Å². The zero-order valence-corrected chi connectivity index (χ0v) is 12.1. The van der Waals surface area contributed by atoms with Crippen LogP contribution in [0.4, 0.5) is 13.2 Å². The molecule has 1 saturated carbocycles. The molecule has 0 heterocycles. The predicted molar refractivity (Wildman–Crippen MR) is 69.4 cm³/mol. The molecule has 0 unspecified atom stereocenters. The summed E-state index contributed by atoms with van der Waals surface area (Å²) in [6.07, 6.45) is 0.915. The highest BCUT2D eigenvalue weighted by atomic mass is 32.2. The van der Waals surface area contributed by atoms with Crippen molar-refractivity contribution in [2.75, 3.05) is 0 Å². The largest absolute Gasteiger partial charge is 0.393 e. The van der Waals surface area contributed by atoms with Gasteiger partial charge < -0.3 is 5.11 Å². The van der Waals surface area contributed by atoms with E-state index in [0.29, 0.717) is 31.4 Å². The van der Waals surface area contributed by atoms with Gasteiger partial charge in [-0.05, 0) is 37.3 Å². The number of benzene rings is 1. The van der Waals surface area contributed by atoms with Crippen molar-refractivity contribution in [1.82, 2.24) is 4.72 Å². The number of sulfonamides is 1. The highest BCUT2D eigenvalue weighted by molar-refractivity contribution is 7.89. The summed E-state index contributed by atoms with van der Waals surface area (Å²) in [6.45, 7) is 1.75. The van der Waals surface area contributed by atoms with Crippen LogP contribution in [-0.4, -0.2) is 25.7 Å². The molecule has 118 valence electrons. The molecule has 0 aliphatic heterocycles. The van der Waals surface area contributed by atoms with Crippen molar-refractivity contribution in [3.63, 3.8) is 0 Å². The summed E-state index contributed by atoms with van der Waals surface area (Å²) in [4.78, 5) is -0.917. The highest BCUT2D eigenvalue weighted by Crippen LogP contribution is 2.32. The quantitative estimate of drug-likeness (QED) is 0.814. The number of hydrogen-bond donors (Lipinski definition) is 2. The van der Waals surface area contributed by atoms with E-state index < -0.39 is 44.5 Å². The minimum atomic E-state index is -4.29. The van der Waals surface area contributed by atoms with Gasteiger partial charge in [-0.3, -0.25) is 0 Å². The Morgan fingerprint density at radius 2 is 1.90 bits per heavy atom. The second-order valence-corrected chi connectivity index (χ2v) is 6.88. The van der Waals surface area contributed by atoms with E-state index in [1.165, 1.54) is 0 Å². The van der Waals surface area contributed by atoms with Gasteiger partial charge in [0.05, 0.1) is 6.10 Å². The molecule has 2 N–H and O–H groups in total. The number of nitrogens with one attached hydrogen (secondary N) is 1. The van der Waals surface area contributed by atoms with Gasteiger partial charge >= 0.3 is 0 Å². The van der Waals surface area contributed by atoms with Crippen molar-refractivity contribution in [2.45, 2.75) is 43.2 Å². The van der Waals surface area contributed by atoms with Crippen LogP contribution >= 0.6 is 0 Å². The molecule has 4 nitrogen and oxygen atoms in total. The van der Waals surface area contributed by atoms with Crippen LogP contribution in [0.3, 0.4) is 0 Å². The number of aliphatic hydroxyl groups excluding tert-OH is 1. The van der Waals surface area contributed by atoms with Crippen molar-refractivity contribution in [2.24, 2.45) is 5.92 Å². The first-order valence-corrected chi connectivity index (χ1v) is 8.08. The van der Waals surface area contributed by atoms with E-state index in [4.69, 9.17) is 0 Å². The Hall–Kier alpha value is -1.12. The maximum absolute atomic E-state index is 13.6. The summed E-state index contributed by atoms with van der Waals surface area (Å²) in [5.74, 6) is -5.04. The second-order valence-electron chi connectivity index (χ2n) is 5.19. The first-order chi connectivity index (χ1) is 9.76. The molecular formula is C13H16F3NO3S. The standard InChI is InChI=1S/C13H16F3NO3S/c1-2-10(7-5-8(18)6-7)17-21(19,20)11-4-3-9(14)12(15)13(11)16/h3-4,7-8,10,17-18H,2,5-6H2,1H3/t7?,8?,10-/m0/s1. The van der Waals surface area contributed by atoms with Gasteiger partial charge in [0.15, 0.2) is 17.5 Å². The van der Waals surface area contributed by atoms with Crippen LogP contribution in [0.2, 0.25) is 0 Å². The fourth-order valence-electron chi connectivity index (χ4n) is 2.45. The molecule has 1 aliphatic rings. The molecule has 0 amide bonds. The van der Waals surface area contributed by atoms with E-state index in [1.807, 2.05) is 0 Å². The zero-order chi connectivity index (χ0) is 15.8. The molecule has 1 aromatic carbocycles. The van der Waals surface area contributed by atoms with Gasteiger partial charge in [0.25, 0.3) is 0 Å². The lowest BCUT2D eigenvalue weighted by Gasteiger charge is -2.37. The lowest BCUT2D eigenvalue weighted by molar-refractivity contribution is 0.0277. The van der Waals surface area contributed by atoms with Crippen molar-refractivity contribution in [3.8, 4) is 0 Å². The third-order valence-electron chi connectivity index (χ3n) is 3.75. The van der Waals surface area contributed by atoms with E-state index >= 15 is 0 Å². The molecule has 1 fully saturated rings. The molecule has 0 aromatic heterocycles. The first kappa shape index (κ1) is 16.3. The third kappa shape index (κ3) is 3.22. The lowest BCUT2D eigenvalue weighted by Crippen LogP contribution is -2.46. The normalized spacial score (nSPS) is 23.7. The second kappa shape index (κ2) is 5.94. The fraction of sp³-hybridized carbons (Fsp3) is 0.538. The maximum atomic E-state index is 13.6. The van der Waals surface area contributed by atoms with E-state index in [1.54, 1.807) is 6.92 Å². The van der Waals surface area contributed by atoms with Gasteiger partial charge in [-0.15, -0.1) is 0 Å². The van der Waals surface area contributed by atoms with E-state index in [9.17, 15) is 26.7 Å². The first-order valence-electron chi connectivity index (χ1n) is 6.60. The van der Waals surface area contributed by atoms with Crippen LogP contribution in [-0.2, 0) is 10.0 Å². The monoisotopic (exact) mass is 323 g/mol. The van der Waals surface area contributed by atoms with Crippen LogP contribution in [0.5, 0.6) is 0 Å². The Morgan fingerprint density at radius 1 is 1.29 bits per heavy atom. The van der Waals surface area contributed by atoms with Crippen molar-refractivity contribution < 1.29 is 26.7 Å². The number of hydrogen-bond acceptors (Lipinski definition) is 3. The zero-order valence-electron chi connectivity index (χ0n) is 11.3. The predicted octanol–water partition coefficient (Wildman–Crippen LogP) is 1.93. The molecule has 0 radical (unpaired) electrons. The molecule has 0 bridgehead atoms. The Balaban J connectivity index is 2.24. The summed E-state index contributed by atoms with van der Waals surface area (Å²) >= 11 is 0. The summed E-state index contributed by atoms with van der Waals surface area (Å²) in [5.41, 5.74) is 0. The molecule has 21 heavy (non-hydrogen) atoms. The molecular weight excluding hydrogens is 307 g/mol. The van der Waals surface area contributed by atoms with Crippen molar-refractivity contribution in [1.29, 1.82) is 0 Å². The van der Waals surface area contributed by atoms with Gasteiger partial charge in [-0.2, -0.15) is 0 Å². The van der Waals surface area contributed by atoms with Gasteiger partial charge in [0, 0.05) is 6.04 Å². The van der Waals surface area contributed by atoms with Gasteiger partial charge in [-0.25, -0.2) is 26.3 Å². The molecule has 1 aromatic rings. The van der Waals surface area contributed by atoms with Crippen molar-refractivity contribution in [3.05, 3.63) is 29.6 Å². The molecule has 1 aliphatic carbocycles. The van der Waals surface area contributed by atoms with Gasteiger partial charge in [0.2, 0.25) is 10.0 Å². The average molecular weight is 323 g/mol. The minimum Gasteiger partial charge on any atom is -0.393 e. The Kier molecular flexibility index (Phi) is 4.60. The average Bonchev–Trinajstić information content (AvgIpc) is 2.38. The van der Waals surface area contributed by atoms with E-state index in [0.717, 1.165) is 0 Å². The maximum Gasteiger partial charge on any atom is 0.243 e. The summed E-state index contributed by atoms with van der Waals surface area (Å²) in [7, 11) is -4.29. The number of halogens is 3. The van der Waals surface area contributed by atoms with Crippen LogP contribution in [0.25, 0.3) is 0 Å². The summed E-state index contributed by atoms with van der Waals surface area (Å²) in [5, 5.41) is 9.26. The van der Waals surface area contributed by atoms with Gasteiger partial charge in [-0.1, -0.05) is 6.92 Å². The van der Waals surface area contributed by atoms with E-state index in [-0.39, 0.29) is 5.92 Å². The molecule has 1 atom stereocenters. The van der Waals surface area contributed by atoms with Crippen LogP contribution in [0.15, 0.2) is 17.0 Å². The fourth-order valence-corrected chi connectivity index (χ4v) is 3.91. The summed E-state index contributed by atoms with van der Waals surface area (Å²) < 4.78 is 66.1. The Bertz CT molecular complexity index is 630. The van der Waals surface area contributed by atoms with Crippen molar-refractivity contribution >= 4 is 10.0 Å². The minimum absolute atomic E-state index is 0.0480. The molecule has 2 rings (SSSR count). The molecule has 8 heteroatoms. The number of rotatable bonds is 5.